The number of carboxylic acid groups (broad SMARTS) is 1. The van der Waals surface area contributed by atoms with Crippen LogP contribution in [0.4, 0.5) is 10.1 Å². The second kappa shape index (κ2) is 4.45. The molecule has 0 saturated heterocycles. The summed E-state index contributed by atoms with van der Waals surface area (Å²) in [6, 6.07) is 5.92. The largest absolute Gasteiger partial charge is 0.508 e. The first-order chi connectivity index (χ1) is 6.59. The van der Waals surface area contributed by atoms with Crippen LogP contribution < -0.4 is 5.32 Å². The molecule has 1 aromatic rings. The smallest absolute Gasteiger partial charge is 0.340 e. The second-order valence-corrected chi connectivity index (χ2v) is 2.73. The highest BCUT2D eigenvalue weighted by Gasteiger charge is 2.14. The third kappa shape index (κ3) is 2.93. The number of rotatable bonds is 4. The van der Waals surface area contributed by atoms with Gasteiger partial charge >= 0.3 is 5.97 Å². The molecule has 0 aliphatic rings. The number of aliphatic carboxylic acids is 1. The van der Waals surface area contributed by atoms with E-state index in [0.29, 0.717) is 5.69 Å². The van der Waals surface area contributed by atoms with Crippen molar-refractivity contribution >= 4 is 11.7 Å². The topological polar surface area (TPSA) is 69.6 Å². The molecule has 0 fully saturated rings. The summed E-state index contributed by atoms with van der Waals surface area (Å²) >= 11 is 0. The van der Waals surface area contributed by atoms with E-state index in [-0.39, 0.29) is 12.3 Å². The highest BCUT2D eigenvalue weighted by molar-refractivity contribution is 5.73. The molecular formula is C9H10FNO3. The van der Waals surface area contributed by atoms with E-state index >= 15 is 0 Å². The number of benzene rings is 1. The monoisotopic (exact) mass is 199 g/mol. The molecule has 14 heavy (non-hydrogen) atoms. The van der Waals surface area contributed by atoms with Crippen molar-refractivity contribution in [2.45, 2.75) is 6.17 Å². The number of aromatic hydroxyl groups is 1. The highest BCUT2D eigenvalue weighted by Crippen LogP contribution is 2.13. The molecule has 0 heterocycles. The van der Waals surface area contributed by atoms with Crippen molar-refractivity contribution in [1.82, 2.24) is 0 Å². The van der Waals surface area contributed by atoms with Crippen LogP contribution >= 0.6 is 0 Å². The molecule has 5 heteroatoms. The molecular weight excluding hydrogens is 189 g/mol. The van der Waals surface area contributed by atoms with E-state index < -0.39 is 12.1 Å². The quantitative estimate of drug-likeness (QED) is 0.638. The molecule has 0 saturated carbocycles. The lowest BCUT2D eigenvalue weighted by atomic mass is 10.3. The van der Waals surface area contributed by atoms with Crippen molar-refractivity contribution in [1.29, 1.82) is 0 Å². The van der Waals surface area contributed by atoms with Gasteiger partial charge in [-0.05, 0) is 24.3 Å². The number of phenolic OH excluding ortho intramolecular Hbond substituents is 1. The van der Waals surface area contributed by atoms with E-state index in [1.165, 1.54) is 24.3 Å². The lowest BCUT2D eigenvalue weighted by Crippen LogP contribution is -2.23. The van der Waals surface area contributed by atoms with Gasteiger partial charge in [-0.3, -0.25) is 0 Å². The van der Waals surface area contributed by atoms with Gasteiger partial charge in [0.1, 0.15) is 5.75 Å². The van der Waals surface area contributed by atoms with E-state index in [2.05, 4.69) is 5.32 Å². The zero-order valence-electron chi connectivity index (χ0n) is 7.27. The highest BCUT2D eigenvalue weighted by atomic mass is 19.1. The summed E-state index contributed by atoms with van der Waals surface area (Å²) in [4.78, 5) is 10.1. The van der Waals surface area contributed by atoms with Gasteiger partial charge in [0, 0.05) is 5.69 Å². The van der Waals surface area contributed by atoms with Gasteiger partial charge < -0.3 is 15.5 Å². The molecule has 0 aromatic heterocycles. The Kier molecular flexibility index (Phi) is 3.28. The number of anilines is 1. The van der Waals surface area contributed by atoms with Gasteiger partial charge in [0.15, 0.2) is 0 Å². The van der Waals surface area contributed by atoms with Crippen LogP contribution in [0.15, 0.2) is 24.3 Å². The zero-order valence-corrected chi connectivity index (χ0v) is 7.27. The molecule has 4 nitrogen and oxygen atoms in total. The van der Waals surface area contributed by atoms with Crippen molar-refractivity contribution in [2.24, 2.45) is 0 Å². The number of halogens is 1. The number of alkyl halides is 1. The molecule has 3 N–H and O–H groups in total. The van der Waals surface area contributed by atoms with Crippen LogP contribution in [-0.4, -0.2) is 28.9 Å². The maximum Gasteiger partial charge on any atom is 0.340 e. The molecule has 1 atom stereocenters. The van der Waals surface area contributed by atoms with Crippen LogP contribution in [0.5, 0.6) is 5.75 Å². The fourth-order valence-electron chi connectivity index (χ4n) is 0.874. The first-order valence-electron chi connectivity index (χ1n) is 3.99. The third-order valence-electron chi connectivity index (χ3n) is 1.62. The van der Waals surface area contributed by atoms with Crippen LogP contribution in [0.25, 0.3) is 0 Å². The first-order valence-corrected chi connectivity index (χ1v) is 3.99. The minimum absolute atomic E-state index is 0.102. The molecule has 76 valence electrons. The minimum Gasteiger partial charge on any atom is -0.508 e. The lowest BCUT2D eigenvalue weighted by molar-refractivity contribution is -0.142. The van der Waals surface area contributed by atoms with Crippen molar-refractivity contribution < 1.29 is 19.4 Å². The summed E-state index contributed by atoms with van der Waals surface area (Å²) in [5, 5.41) is 19.8. The normalized spacial score (nSPS) is 12.1. The Morgan fingerprint density at radius 2 is 2.00 bits per heavy atom. The lowest BCUT2D eigenvalue weighted by Gasteiger charge is -2.06. The molecule has 1 rings (SSSR count). The second-order valence-electron chi connectivity index (χ2n) is 2.73. The predicted molar refractivity (Wildman–Crippen MR) is 49.1 cm³/mol. The number of hydrogen-bond donors (Lipinski definition) is 3. The van der Waals surface area contributed by atoms with Gasteiger partial charge in [0.25, 0.3) is 0 Å². The minimum atomic E-state index is -1.93. The van der Waals surface area contributed by atoms with Crippen LogP contribution in [0.3, 0.4) is 0 Å². The van der Waals surface area contributed by atoms with Crippen LogP contribution in [0.2, 0.25) is 0 Å². The Balaban J connectivity index is 2.46. The van der Waals surface area contributed by atoms with E-state index in [9.17, 15) is 9.18 Å². The Labute approximate surface area is 80.0 Å². The van der Waals surface area contributed by atoms with Crippen LogP contribution in [0.1, 0.15) is 0 Å². The summed E-state index contributed by atoms with van der Waals surface area (Å²) in [5.41, 5.74) is 0.562. The molecule has 0 spiro atoms. The van der Waals surface area contributed by atoms with Crippen LogP contribution in [-0.2, 0) is 4.79 Å². The van der Waals surface area contributed by atoms with Crippen molar-refractivity contribution in [2.75, 3.05) is 11.9 Å². The number of nitrogens with one attached hydrogen (secondary N) is 1. The molecule has 0 amide bonds. The number of carboxylic acids is 1. The van der Waals surface area contributed by atoms with E-state index in [1.807, 2.05) is 0 Å². The van der Waals surface area contributed by atoms with Crippen molar-refractivity contribution in [3.8, 4) is 5.75 Å². The Morgan fingerprint density at radius 1 is 1.43 bits per heavy atom. The maximum absolute atomic E-state index is 12.6. The fraction of sp³-hybridized carbons (Fsp3) is 0.222. The number of phenols is 1. The third-order valence-corrected chi connectivity index (χ3v) is 1.62. The zero-order chi connectivity index (χ0) is 10.6. The average molecular weight is 199 g/mol. The van der Waals surface area contributed by atoms with Crippen LogP contribution in [0, 0.1) is 0 Å². The van der Waals surface area contributed by atoms with Crippen molar-refractivity contribution in [3.63, 3.8) is 0 Å². The standard InChI is InChI=1S/C9H10FNO3/c10-8(9(13)14)5-11-6-1-3-7(12)4-2-6/h1-4,8,11-12H,5H2,(H,13,14). The molecule has 0 aliphatic heterocycles. The molecule has 0 bridgehead atoms. The Bertz CT molecular complexity index is 312. The Morgan fingerprint density at radius 3 is 2.50 bits per heavy atom. The van der Waals surface area contributed by atoms with Gasteiger partial charge in [-0.25, -0.2) is 9.18 Å². The maximum atomic E-state index is 12.6. The summed E-state index contributed by atoms with van der Waals surface area (Å²) in [7, 11) is 0. The summed E-state index contributed by atoms with van der Waals surface area (Å²) in [6.45, 7) is -0.292. The molecule has 0 radical (unpaired) electrons. The van der Waals surface area contributed by atoms with Gasteiger partial charge in [-0.2, -0.15) is 0 Å². The van der Waals surface area contributed by atoms with Gasteiger partial charge in [0.2, 0.25) is 6.17 Å². The fourth-order valence-corrected chi connectivity index (χ4v) is 0.874. The SMILES string of the molecule is O=C(O)C(F)CNc1ccc(O)cc1. The Hall–Kier alpha value is -1.78. The molecule has 1 aromatic carbocycles. The van der Waals surface area contributed by atoms with E-state index in [4.69, 9.17) is 10.2 Å². The van der Waals surface area contributed by atoms with Gasteiger partial charge in [-0.15, -0.1) is 0 Å². The predicted octanol–water partition coefficient (Wildman–Crippen LogP) is 1.23. The average Bonchev–Trinajstić information content (AvgIpc) is 2.16. The summed E-state index contributed by atoms with van der Waals surface area (Å²) in [5.74, 6) is -1.39. The number of hydrogen-bond acceptors (Lipinski definition) is 3. The van der Waals surface area contributed by atoms with E-state index in [1.54, 1.807) is 0 Å². The summed E-state index contributed by atoms with van der Waals surface area (Å²) in [6.07, 6.45) is -1.93. The van der Waals surface area contributed by atoms with E-state index in [0.717, 1.165) is 0 Å². The van der Waals surface area contributed by atoms with Crippen molar-refractivity contribution in [3.05, 3.63) is 24.3 Å². The number of carbonyl (C=O) groups is 1. The molecule has 0 aliphatic carbocycles. The van der Waals surface area contributed by atoms with Gasteiger partial charge in [0.05, 0.1) is 6.54 Å². The first kappa shape index (κ1) is 10.3. The van der Waals surface area contributed by atoms with Gasteiger partial charge in [-0.1, -0.05) is 0 Å². The molecule has 1 unspecified atom stereocenters. The summed E-state index contributed by atoms with van der Waals surface area (Å²) < 4.78 is 12.6.